The van der Waals surface area contributed by atoms with Gasteiger partial charge in [0.15, 0.2) is 0 Å². The molecule has 0 spiro atoms. The van der Waals surface area contributed by atoms with Crippen LogP contribution >= 0.6 is 11.6 Å². The molecule has 0 unspecified atom stereocenters. The summed E-state index contributed by atoms with van der Waals surface area (Å²) in [6, 6.07) is 1.13. The molecule has 2 aromatic rings. The molecule has 0 bridgehead atoms. The number of esters is 1. The maximum Gasteiger partial charge on any atom is 0.377 e. The molecule has 0 aliphatic carbocycles. The van der Waals surface area contributed by atoms with Gasteiger partial charge < -0.3 is 4.74 Å². The lowest BCUT2D eigenvalue weighted by molar-refractivity contribution is -0.384. The molecule has 98 valence electrons. The number of pyridine rings is 1. The van der Waals surface area contributed by atoms with Crippen molar-refractivity contribution in [2.24, 2.45) is 0 Å². The second-order valence-electron chi connectivity index (χ2n) is 3.26. The quantitative estimate of drug-likeness (QED) is 0.469. The molecule has 10 heteroatoms. The highest BCUT2D eigenvalue weighted by Crippen LogP contribution is 2.23. The second kappa shape index (κ2) is 4.98. The predicted octanol–water partition coefficient (Wildman–Crippen LogP) is 1.01. The van der Waals surface area contributed by atoms with Crippen LogP contribution in [0.4, 0.5) is 5.69 Å². The molecular weight excluding hydrogens is 278 g/mol. The van der Waals surface area contributed by atoms with Gasteiger partial charge >= 0.3 is 11.7 Å². The lowest BCUT2D eigenvalue weighted by atomic mass is 10.4. The SMILES string of the molecule is COC(=O)c1ncn(-c2ncc(Cl)cc2[N+](=O)[O-])n1. The molecule has 0 saturated carbocycles. The monoisotopic (exact) mass is 283 g/mol. The maximum absolute atomic E-state index is 11.2. The van der Waals surface area contributed by atoms with Crippen LogP contribution in [-0.4, -0.2) is 37.8 Å². The van der Waals surface area contributed by atoms with E-state index in [9.17, 15) is 14.9 Å². The standard InChI is InChI=1S/C9H6ClN5O4/c1-19-9(16)7-12-4-14(13-7)8-6(15(17)18)2-5(10)3-11-8/h2-4H,1H3. The average Bonchev–Trinajstić information content (AvgIpc) is 2.87. The molecule has 2 heterocycles. The van der Waals surface area contributed by atoms with Crippen LogP contribution in [-0.2, 0) is 4.74 Å². The molecule has 0 atom stereocenters. The van der Waals surface area contributed by atoms with E-state index in [0.29, 0.717) is 0 Å². The number of nitrogens with zero attached hydrogens (tertiary/aromatic N) is 5. The van der Waals surface area contributed by atoms with Crippen molar-refractivity contribution in [3.63, 3.8) is 0 Å². The van der Waals surface area contributed by atoms with Gasteiger partial charge in [-0.2, -0.15) is 4.68 Å². The van der Waals surface area contributed by atoms with Crippen LogP contribution in [0.5, 0.6) is 0 Å². The van der Waals surface area contributed by atoms with Gasteiger partial charge in [0.05, 0.1) is 17.1 Å². The normalized spacial score (nSPS) is 10.2. The van der Waals surface area contributed by atoms with Crippen molar-refractivity contribution >= 4 is 23.3 Å². The first-order chi connectivity index (χ1) is 9.02. The number of hydrogen-bond donors (Lipinski definition) is 0. The molecule has 2 aromatic heterocycles. The molecule has 0 aliphatic rings. The molecule has 2 rings (SSSR count). The summed E-state index contributed by atoms with van der Waals surface area (Å²) in [6.07, 6.45) is 2.35. The summed E-state index contributed by atoms with van der Waals surface area (Å²) in [5.41, 5.74) is -0.353. The number of hydrogen-bond acceptors (Lipinski definition) is 7. The van der Waals surface area contributed by atoms with E-state index in [0.717, 1.165) is 17.1 Å². The number of nitro groups is 1. The minimum Gasteiger partial charge on any atom is -0.463 e. The van der Waals surface area contributed by atoms with Crippen LogP contribution in [0.3, 0.4) is 0 Å². The summed E-state index contributed by atoms with van der Waals surface area (Å²) in [7, 11) is 1.17. The van der Waals surface area contributed by atoms with Gasteiger partial charge in [-0.25, -0.2) is 14.8 Å². The Hall–Kier alpha value is -2.55. The van der Waals surface area contributed by atoms with E-state index in [4.69, 9.17) is 11.6 Å². The fourth-order valence-corrected chi connectivity index (χ4v) is 1.43. The van der Waals surface area contributed by atoms with E-state index in [1.807, 2.05) is 0 Å². The number of carbonyl (C=O) groups is 1. The van der Waals surface area contributed by atoms with E-state index < -0.39 is 10.9 Å². The van der Waals surface area contributed by atoms with E-state index in [1.54, 1.807) is 0 Å². The van der Waals surface area contributed by atoms with Gasteiger partial charge in [-0.1, -0.05) is 11.6 Å². The van der Waals surface area contributed by atoms with Gasteiger partial charge in [0, 0.05) is 12.3 Å². The molecule has 0 aliphatic heterocycles. The maximum atomic E-state index is 11.2. The summed E-state index contributed by atoms with van der Waals surface area (Å²) < 4.78 is 5.43. The Balaban J connectivity index is 2.50. The van der Waals surface area contributed by atoms with Crippen molar-refractivity contribution in [3.8, 4) is 5.82 Å². The Morgan fingerprint density at radius 3 is 2.89 bits per heavy atom. The molecular formula is C9H6ClN5O4. The van der Waals surface area contributed by atoms with E-state index >= 15 is 0 Å². The zero-order chi connectivity index (χ0) is 14.0. The van der Waals surface area contributed by atoms with Crippen molar-refractivity contribution in [1.82, 2.24) is 19.7 Å². The van der Waals surface area contributed by atoms with Gasteiger partial charge in [0.1, 0.15) is 6.33 Å². The van der Waals surface area contributed by atoms with Gasteiger partial charge in [-0.3, -0.25) is 10.1 Å². The Bertz CT molecular complexity index is 656. The van der Waals surface area contributed by atoms with Crippen LogP contribution in [0, 0.1) is 10.1 Å². The Morgan fingerprint density at radius 1 is 1.53 bits per heavy atom. The molecule has 0 saturated heterocycles. The van der Waals surface area contributed by atoms with Crippen molar-refractivity contribution in [2.75, 3.05) is 7.11 Å². The third-order valence-corrected chi connectivity index (χ3v) is 2.29. The molecule has 0 N–H and O–H groups in total. The van der Waals surface area contributed by atoms with Gasteiger partial charge in [-0.15, -0.1) is 5.10 Å². The number of carbonyl (C=O) groups excluding carboxylic acids is 1. The van der Waals surface area contributed by atoms with E-state index in [2.05, 4.69) is 19.8 Å². The van der Waals surface area contributed by atoms with Crippen LogP contribution in [0.2, 0.25) is 5.02 Å². The lowest BCUT2D eigenvalue weighted by Crippen LogP contribution is -2.07. The molecule has 0 radical (unpaired) electrons. The molecule has 0 aromatic carbocycles. The van der Waals surface area contributed by atoms with Crippen LogP contribution < -0.4 is 0 Å². The first-order valence-corrected chi connectivity index (χ1v) is 5.21. The largest absolute Gasteiger partial charge is 0.463 e. The number of halogens is 1. The molecule has 19 heavy (non-hydrogen) atoms. The lowest BCUT2D eigenvalue weighted by Gasteiger charge is -2.00. The Kier molecular flexibility index (Phi) is 3.38. The summed E-state index contributed by atoms with van der Waals surface area (Å²) in [4.78, 5) is 28.9. The number of ether oxygens (including phenoxy) is 1. The van der Waals surface area contributed by atoms with E-state index in [-0.39, 0.29) is 22.4 Å². The first-order valence-electron chi connectivity index (χ1n) is 4.83. The summed E-state index contributed by atoms with van der Waals surface area (Å²) in [5, 5.41) is 14.8. The fourth-order valence-electron chi connectivity index (χ4n) is 1.28. The number of aromatic nitrogens is 4. The summed E-state index contributed by atoms with van der Waals surface area (Å²) in [5.74, 6) is -1.08. The van der Waals surface area contributed by atoms with E-state index in [1.165, 1.54) is 13.3 Å². The van der Waals surface area contributed by atoms with Gasteiger partial charge in [0.2, 0.25) is 5.82 Å². The molecule has 9 nitrogen and oxygen atoms in total. The van der Waals surface area contributed by atoms with Crippen molar-refractivity contribution in [1.29, 1.82) is 0 Å². The first kappa shape index (κ1) is 12.9. The predicted molar refractivity (Wildman–Crippen MR) is 62.2 cm³/mol. The molecule has 0 amide bonds. The minimum atomic E-state index is -0.754. The van der Waals surface area contributed by atoms with Gasteiger partial charge in [0.25, 0.3) is 5.82 Å². The van der Waals surface area contributed by atoms with Crippen LogP contribution in [0.25, 0.3) is 5.82 Å². The van der Waals surface area contributed by atoms with Crippen molar-refractivity contribution in [3.05, 3.63) is 39.6 Å². The zero-order valence-corrected chi connectivity index (χ0v) is 10.2. The summed E-state index contributed by atoms with van der Waals surface area (Å²) in [6.45, 7) is 0. The van der Waals surface area contributed by atoms with Gasteiger partial charge in [-0.05, 0) is 0 Å². The summed E-state index contributed by atoms with van der Waals surface area (Å²) >= 11 is 5.64. The molecule has 0 fully saturated rings. The average molecular weight is 284 g/mol. The van der Waals surface area contributed by atoms with Crippen molar-refractivity contribution in [2.45, 2.75) is 0 Å². The van der Waals surface area contributed by atoms with Crippen LogP contribution in [0.15, 0.2) is 18.6 Å². The van der Waals surface area contributed by atoms with Crippen LogP contribution in [0.1, 0.15) is 10.6 Å². The highest BCUT2D eigenvalue weighted by Gasteiger charge is 2.20. The zero-order valence-electron chi connectivity index (χ0n) is 9.48. The number of methoxy groups -OCH3 is 1. The Morgan fingerprint density at radius 2 is 2.26 bits per heavy atom. The second-order valence-corrected chi connectivity index (χ2v) is 3.69. The van der Waals surface area contributed by atoms with Crippen molar-refractivity contribution < 1.29 is 14.5 Å². The minimum absolute atomic E-state index is 0.1000. The third-order valence-electron chi connectivity index (χ3n) is 2.09. The highest BCUT2D eigenvalue weighted by atomic mass is 35.5. The topological polar surface area (TPSA) is 113 Å². The highest BCUT2D eigenvalue weighted by molar-refractivity contribution is 6.30. The smallest absolute Gasteiger partial charge is 0.377 e. The fraction of sp³-hybridized carbons (Fsp3) is 0.111. The Labute approximate surface area is 110 Å². The number of rotatable bonds is 3. The third kappa shape index (κ3) is 2.50.